The number of carbonyl (C=O) groups is 4. The topological polar surface area (TPSA) is 118 Å². The van der Waals surface area contributed by atoms with E-state index < -0.39 is 23.8 Å². The summed E-state index contributed by atoms with van der Waals surface area (Å²) < 4.78 is 0. The van der Waals surface area contributed by atoms with Gasteiger partial charge in [-0.05, 0) is 6.92 Å². The molecule has 2 amide bonds. The molecule has 4 N–H and O–H groups in total. The van der Waals surface area contributed by atoms with E-state index in [2.05, 4.69) is 10.6 Å². The van der Waals surface area contributed by atoms with Crippen LogP contribution in [-0.4, -0.2) is 42.5 Å². The fourth-order valence-electron chi connectivity index (χ4n) is 1.93. The van der Waals surface area contributed by atoms with E-state index in [0.717, 1.165) is 0 Å². The number of ketones is 2. The standard InChI is InChI=1S/C11H17N3O4/c1-6(11-7(15)2-3-8(11)16)14-10(18)5-13-9(17)4-12/h6,11H,2-5,12H2,1H3,(H,13,17)(H,14,18). The fraction of sp³-hybridized carbons (Fsp3) is 0.636. The van der Waals surface area contributed by atoms with Gasteiger partial charge in [0.25, 0.3) is 0 Å². The Morgan fingerprint density at radius 1 is 1.28 bits per heavy atom. The molecule has 1 aliphatic carbocycles. The van der Waals surface area contributed by atoms with Crippen LogP contribution in [0.3, 0.4) is 0 Å². The predicted octanol–water partition coefficient (Wildman–Crippen LogP) is -1.89. The van der Waals surface area contributed by atoms with Crippen LogP contribution in [0.1, 0.15) is 19.8 Å². The minimum absolute atomic E-state index is 0.140. The fourth-order valence-corrected chi connectivity index (χ4v) is 1.93. The molecule has 0 saturated heterocycles. The van der Waals surface area contributed by atoms with Crippen molar-refractivity contribution in [2.75, 3.05) is 13.1 Å². The van der Waals surface area contributed by atoms with Crippen LogP contribution in [0.25, 0.3) is 0 Å². The summed E-state index contributed by atoms with van der Waals surface area (Å²) >= 11 is 0. The average Bonchev–Trinajstić information content (AvgIpc) is 2.65. The van der Waals surface area contributed by atoms with Gasteiger partial charge in [-0.2, -0.15) is 0 Å². The average molecular weight is 255 g/mol. The molecule has 7 heteroatoms. The summed E-state index contributed by atoms with van der Waals surface area (Å²) in [6, 6.07) is -0.547. The van der Waals surface area contributed by atoms with Crippen molar-refractivity contribution in [1.29, 1.82) is 0 Å². The highest BCUT2D eigenvalue weighted by atomic mass is 16.2. The molecule has 0 radical (unpaired) electrons. The molecule has 0 aromatic carbocycles. The number of Topliss-reactive ketones (excluding diaryl/α,β-unsaturated/α-hetero) is 2. The quantitative estimate of drug-likeness (QED) is 0.496. The number of hydrogen-bond acceptors (Lipinski definition) is 5. The van der Waals surface area contributed by atoms with E-state index in [-0.39, 0.29) is 37.5 Å². The highest BCUT2D eigenvalue weighted by Gasteiger charge is 2.37. The monoisotopic (exact) mass is 255 g/mol. The van der Waals surface area contributed by atoms with Gasteiger partial charge in [-0.1, -0.05) is 0 Å². The molecule has 0 spiro atoms. The first-order valence-electron chi connectivity index (χ1n) is 5.77. The van der Waals surface area contributed by atoms with E-state index in [1.54, 1.807) is 6.92 Å². The number of hydrogen-bond donors (Lipinski definition) is 3. The highest BCUT2D eigenvalue weighted by molar-refractivity contribution is 6.09. The van der Waals surface area contributed by atoms with Gasteiger partial charge in [0, 0.05) is 18.9 Å². The second-order valence-corrected chi connectivity index (χ2v) is 4.25. The van der Waals surface area contributed by atoms with Crippen molar-refractivity contribution in [1.82, 2.24) is 10.6 Å². The van der Waals surface area contributed by atoms with Crippen LogP contribution in [0, 0.1) is 5.92 Å². The zero-order valence-electron chi connectivity index (χ0n) is 10.2. The predicted molar refractivity (Wildman–Crippen MR) is 62.4 cm³/mol. The molecular weight excluding hydrogens is 238 g/mol. The number of carbonyl (C=O) groups excluding carboxylic acids is 4. The van der Waals surface area contributed by atoms with Crippen LogP contribution in [0.2, 0.25) is 0 Å². The van der Waals surface area contributed by atoms with Crippen LogP contribution in [0.15, 0.2) is 0 Å². The molecule has 100 valence electrons. The highest BCUT2D eigenvalue weighted by Crippen LogP contribution is 2.20. The molecule has 1 unspecified atom stereocenters. The van der Waals surface area contributed by atoms with Gasteiger partial charge in [0.15, 0.2) is 0 Å². The van der Waals surface area contributed by atoms with Gasteiger partial charge >= 0.3 is 0 Å². The van der Waals surface area contributed by atoms with E-state index >= 15 is 0 Å². The molecule has 0 bridgehead atoms. The van der Waals surface area contributed by atoms with Crippen LogP contribution in [0.5, 0.6) is 0 Å². The molecule has 7 nitrogen and oxygen atoms in total. The van der Waals surface area contributed by atoms with E-state index in [1.165, 1.54) is 0 Å². The normalized spacial score (nSPS) is 17.7. The summed E-state index contributed by atoms with van der Waals surface area (Å²) in [6.45, 7) is 1.20. The summed E-state index contributed by atoms with van der Waals surface area (Å²) in [4.78, 5) is 45.2. The number of nitrogens with two attached hydrogens (primary N) is 1. The molecule has 1 atom stereocenters. The Balaban J connectivity index is 2.42. The van der Waals surface area contributed by atoms with Crippen molar-refractivity contribution < 1.29 is 19.2 Å². The van der Waals surface area contributed by atoms with Gasteiger partial charge in [0.1, 0.15) is 11.6 Å². The lowest BCUT2D eigenvalue weighted by Crippen LogP contribution is -2.46. The maximum absolute atomic E-state index is 11.5. The third-order valence-corrected chi connectivity index (χ3v) is 2.83. The number of rotatable bonds is 5. The summed E-state index contributed by atoms with van der Waals surface area (Å²) in [6.07, 6.45) is 0.487. The first-order chi connectivity index (χ1) is 8.45. The molecule has 1 saturated carbocycles. The van der Waals surface area contributed by atoms with Crippen molar-refractivity contribution in [3.05, 3.63) is 0 Å². The molecule has 0 aromatic rings. The van der Waals surface area contributed by atoms with Gasteiger partial charge in [0.05, 0.1) is 19.0 Å². The molecule has 18 heavy (non-hydrogen) atoms. The van der Waals surface area contributed by atoms with Crippen molar-refractivity contribution in [2.45, 2.75) is 25.8 Å². The molecule has 1 aliphatic rings. The van der Waals surface area contributed by atoms with Crippen molar-refractivity contribution >= 4 is 23.4 Å². The van der Waals surface area contributed by atoms with Crippen LogP contribution < -0.4 is 16.4 Å². The van der Waals surface area contributed by atoms with Crippen molar-refractivity contribution in [3.8, 4) is 0 Å². The number of amides is 2. The smallest absolute Gasteiger partial charge is 0.239 e. The Morgan fingerprint density at radius 3 is 2.33 bits per heavy atom. The lowest BCUT2D eigenvalue weighted by atomic mass is 9.98. The summed E-state index contributed by atoms with van der Waals surface area (Å²) in [7, 11) is 0. The second-order valence-electron chi connectivity index (χ2n) is 4.25. The molecular formula is C11H17N3O4. The largest absolute Gasteiger partial charge is 0.351 e. The van der Waals surface area contributed by atoms with Gasteiger partial charge in [0.2, 0.25) is 11.8 Å². The first kappa shape index (κ1) is 14.3. The molecule has 1 rings (SSSR count). The molecule has 1 fully saturated rings. The number of nitrogens with one attached hydrogen (secondary N) is 2. The minimum Gasteiger partial charge on any atom is -0.351 e. The zero-order valence-corrected chi connectivity index (χ0v) is 10.2. The van der Waals surface area contributed by atoms with E-state index in [1.807, 2.05) is 0 Å². The maximum atomic E-state index is 11.5. The molecule has 0 heterocycles. The minimum atomic E-state index is -0.751. The summed E-state index contributed by atoms with van der Waals surface area (Å²) in [5, 5.41) is 4.83. The Kier molecular flexibility index (Phi) is 4.96. The van der Waals surface area contributed by atoms with E-state index in [9.17, 15) is 19.2 Å². The summed E-state index contributed by atoms with van der Waals surface area (Å²) in [5.74, 6) is -1.92. The van der Waals surface area contributed by atoms with E-state index in [4.69, 9.17) is 5.73 Å². The second kappa shape index (κ2) is 6.25. The Bertz CT molecular complexity index is 364. The maximum Gasteiger partial charge on any atom is 0.239 e. The molecule has 0 aromatic heterocycles. The van der Waals surface area contributed by atoms with Gasteiger partial charge in [-0.15, -0.1) is 0 Å². The SMILES string of the molecule is CC(NC(=O)CNC(=O)CN)C1C(=O)CCC1=O. The van der Waals surface area contributed by atoms with Gasteiger partial charge < -0.3 is 16.4 Å². The van der Waals surface area contributed by atoms with Crippen LogP contribution in [-0.2, 0) is 19.2 Å². The third-order valence-electron chi connectivity index (χ3n) is 2.83. The van der Waals surface area contributed by atoms with Crippen LogP contribution in [0.4, 0.5) is 0 Å². The third kappa shape index (κ3) is 3.63. The van der Waals surface area contributed by atoms with E-state index in [0.29, 0.717) is 0 Å². The summed E-state index contributed by atoms with van der Waals surface area (Å²) in [5.41, 5.74) is 5.06. The van der Waals surface area contributed by atoms with Crippen molar-refractivity contribution in [2.24, 2.45) is 11.7 Å². The first-order valence-corrected chi connectivity index (χ1v) is 5.77. The Hall–Kier alpha value is -1.76. The lowest BCUT2D eigenvalue weighted by molar-refractivity contribution is -0.130. The van der Waals surface area contributed by atoms with Crippen molar-refractivity contribution in [3.63, 3.8) is 0 Å². The van der Waals surface area contributed by atoms with Gasteiger partial charge in [-0.25, -0.2) is 0 Å². The van der Waals surface area contributed by atoms with Crippen LogP contribution >= 0.6 is 0 Å². The molecule has 0 aliphatic heterocycles. The Labute approximate surface area is 104 Å². The lowest BCUT2D eigenvalue weighted by Gasteiger charge is -2.18. The Morgan fingerprint density at radius 2 is 1.83 bits per heavy atom. The zero-order chi connectivity index (χ0) is 13.7. The van der Waals surface area contributed by atoms with Gasteiger partial charge in [-0.3, -0.25) is 19.2 Å².